The maximum Gasteiger partial charge on any atom is 0.0882 e. The van der Waals surface area contributed by atoms with Crippen LogP contribution in [0.15, 0.2) is 29.8 Å². The molecule has 1 N–H and O–H groups in total. The molecule has 0 bridgehead atoms. The minimum atomic E-state index is -0.716. The molecule has 0 aromatic heterocycles. The molecule has 0 heterocycles. The Hall–Kier alpha value is -0.790. The number of halogens is 1. The van der Waals surface area contributed by atoms with Crippen molar-refractivity contribution in [1.29, 1.82) is 0 Å². The molecule has 0 radical (unpaired) electrons. The normalized spacial score (nSPS) is 29.8. The highest BCUT2D eigenvalue weighted by Crippen LogP contribution is 2.49. The summed E-state index contributed by atoms with van der Waals surface area (Å²) in [5.74, 6) is 0. The van der Waals surface area contributed by atoms with Gasteiger partial charge in [0.25, 0.3) is 0 Å². The first-order chi connectivity index (χ1) is 7.83. The smallest absolute Gasteiger partial charge is 0.0882 e. The van der Waals surface area contributed by atoms with Gasteiger partial charge in [-0.1, -0.05) is 43.7 Å². The molecule has 2 heteroatoms. The fourth-order valence-electron chi connectivity index (χ4n) is 2.34. The van der Waals surface area contributed by atoms with Gasteiger partial charge in [0.05, 0.1) is 5.60 Å². The maximum absolute atomic E-state index is 10.6. The first kappa shape index (κ1) is 12.7. The molecule has 1 fully saturated rings. The van der Waals surface area contributed by atoms with E-state index in [2.05, 4.69) is 19.9 Å². The van der Waals surface area contributed by atoms with E-state index in [0.29, 0.717) is 0 Å². The minimum absolute atomic E-state index is 0.0503. The van der Waals surface area contributed by atoms with Crippen LogP contribution in [0.1, 0.15) is 39.2 Å². The summed E-state index contributed by atoms with van der Waals surface area (Å²) in [6.07, 6.45) is 4.08. The fourth-order valence-corrected chi connectivity index (χ4v) is 2.47. The Kier molecular flexibility index (Phi) is 3.09. The standard InChI is InChI=1S/C15H19ClO/c1-14(2)9-8-12(15(14,3)17)10-11-4-6-13(16)7-5-11/h4-7,10,17H,8-9H2,1-3H3/b12-10+. The number of rotatable bonds is 1. The third-order valence-electron chi connectivity index (χ3n) is 4.17. The lowest BCUT2D eigenvalue weighted by Gasteiger charge is -2.34. The quantitative estimate of drug-likeness (QED) is 0.788. The first-order valence-corrected chi connectivity index (χ1v) is 6.40. The van der Waals surface area contributed by atoms with Gasteiger partial charge >= 0.3 is 0 Å². The van der Waals surface area contributed by atoms with E-state index in [0.717, 1.165) is 29.0 Å². The van der Waals surface area contributed by atoms with Crippen molar-refractivity contribution >= 4 is 17.7 Å². The summed E-state index contributed by atoms with van der Waals surface area (Å²) in [4.78, 5) is 0. The minimum Gasteiger partial charge on any atom is -0.385 e. The zero-order valence-electron chi connectivity index (χ0n) is 10.6. The van der Waals surface area contributed by atoms with Crippen molar-refractivity contribution in [3.05, 3.63) is 40.4 Å². The van der Waals surface area contributed by atoms with Crippen molar-refractivity contribution in [3.63, 3.8) is 0 Å². The van der Waals surface area contributed by atoms with Gasteiger partial charge in [0.1, 0.15) is 0 Å². The SMILES string of the molecule is CC1(C)CC/C(=C\c2ccc(Cl)cc2)C1(C)O. The zero-order chi connectivity index (χ0) is 12.7. The van der Waals surface area contributed by atoms with Gasteiger partial charge in [-0.05, 0) is 48.4 Å². The molecule has 1 aliphatic rings. The second kappa shape index (κ2) is 4.15. The lowest BCUT2D eigenvalue weighted by molar-refractivity contribution is 0.00422. The lowest BCUT2D eigenvalue weighted by Crippen LogP contribution is -2.37. The number of benzene rings is 1. The Morgan fingerprint density at radius 2 is 1.76 bits per heavy atom. The van der Waals surface area contributed by atoms with Crippen LogP contribution in [0.4, 0.5) is 0 Å². The van der Waals surface area contributed by atoms with Crippen LogP contribution in [0.2, 0.25) is 5.02 Å². The van der Waals surface area contributed by atoms with E-state index >= 15 is 0 Å². The van der Waals surface area contributed by atoms with Crippen molar-refractivity contribution in [2.45, 2.75) is 39.2 Å². The van der Waals surface area contributed by atoms with E-state index in [9.17, 15) is 5.11 Å². The van der Waals surface area contributed by atoms with Crippen LogP contribution in [0, 0.1) is 5.41 Å². The van der Waals surface area contributed by atoms with Crippen LogP contribution < -0.4 is 0 Å². The van der Waals surface area contributed by atoms with Crippen molar-refractivity contribution in [2.75, 3.05) is 0 Å². The molecule has 0 amide bonds. The predicted octanol–water partition coefficient (Wildman–Crippen LogP) is 4.29. The molecule has 2 rings (SSSR count). The van der Waals surface area contributed by atoms with E-state index in [1.807, 2.05) is 31.2 Å². The van der Waals surface area contributed by atoms with Crippen LogP contribution >= 0.6 is 11.6 Å². The highest BCUT2D eigenvalue weighted by Gasteiger charge is 2.46. The maximum atomic E-state index is 10.6. The molecular formula is C15H19ClO. The average molecular weight is 251 g/mol. The molecule has 0 saturated heterocycles. The largest absolute Gasteiger partial charge is 0.385 e. The highest BCUT2D eigenvalue weighted by atomic mass is 35.5. The molecule has 0 aliphatic heterocycles. The van der Waals surface area contributed by atoms with Gasteiger partial charge in [0.15, 0.2) is 0 Å². The first-order valence-electron chi connectivity index (χ1n) is 6.02. The number of hydrogen-bond acceptors (Lipinski definition) is 1. The molecule has 1 aliphatic carbocycles. The van der Waals surface area contributed by atoms with Crippen LogP contribution in [-0.2, 0) is 0 Å². The van der Waals surface area contributed by atoms with Gasteiger partial charge in [-0.15, -0.1) is 0 Å². The van der Waals surface area contributed by atoms with Gasteiger partial charge in [-0.3, -0.25) is 0 Å². The monoisotopic (exact) mass is 250 g/mol. The molecule has 0 spiro atoms. The van der Waals surface area contributed by atoms with Gasteiger partial charge < -0.3 is 5.11 Å². The third-order valence-corrected chi connectivity index (χ3v) is 4.43. The summed E-state index contributed by atoms with van der Waals surface area (Å²) in [5.41, 5.74) is 1.45. The van der Waals surface area contributed by atoms with E-state index in [4.69, 9.17) is 11.6 Å². The topological polar surface area (TPSA) is 20.2 Å². The molecule has 1 aromatic carbocycles. The molecule has 1 atom stereocenters. The second-order valence-corrected chi connectivity index (χ2v) is 6.11. The predicted molar refractivity (Wildman–Crippen MR) is 73.1 cm³/mol. The van der Waals surface area contributed by atoms with Crippen LogP contribution in [0.3, 0.4) is 0 Å². The molecule has 1 nitrogen and oxygen atoms in total. The lowest BCUT2D eigenvalue weighted by atomic mass is 9.77. The van der Waals surface area contributed by atoms with Crippen molar-refractivity contribution in [1.82, 2.24) is 0 Å². The Morgan fingerprint density at radius 3 is 2.24 bits per heavy atom. The molecule has 92 valence electrons. The molecule has 1 saturated carbocycles. The van der Waals surface area contributed by atoms with Crippen LogP contribution in [-0.4, -0.2) is 10.7 Å². The molecule has 1 unspecified atom stereocenters. The van der Waals surface area contributed by atoms with Gasteiger partial charge in [-0.2, -0.15) is 0 Å². The number of hydrogen-bond donors (Lipinski definition) is 1. The van der Waals surface area contributed by atoms with Crippen LogP contribution in [0.25, 0.3) is 6.08 Å². The Morgan fingerprint density at radius 1 is 1.18 bits per heavy atom. The van der Waals surface area contributed by atoms with Gasteiger partial charge in [0.2, 0.25) is 0 Å². The van der Waals surface area contributed by atoms with E-state index < -0.39 is 5.60 Å². The highest BCUT2D eigenvalue weighted by molar-refractivity contribution is 6.30. The van der Waals surface area contributed by atoms with E-state index in [-0.39, 0.29) is 5.41 Å². The summed E-state index contributed by atoms with van der Waals surface area (Å²) in [6.45, 7) is 6.16. The van der Waals surface area contributed by atoms with Crippen molar-refractivity contribution in [3.8, 4) is 0 Å². The summed E-state index contributed by atoms with van der Waals surface area (Å²) < 4.78 is 0. The third kappa shape index (κ3) is 2.27. The summed E-state index contributed by atoms with van der Waals surface area (Å²) >= 11 is 5.86. The zero-order valence-corrected chi connectivity index (χ0v) is 11.4. The second-order valence-electron chi connectivity index (χ2n) is 5.68. The fraction of sp³-hybridized carbons (Fsp3) is 0.467. The molecule has 17 heavy (non-hydrogen) atoms. The van der Waals surface area contributed by atoms with Crippen LogP contribution in [0.5, 0.6) is 0 Å². The summed E-state index contributed by atoms with van der Waals surface area (Å²) in [5, 5.41) is 11.3. The molecular weight excluding hydrogens is 232 g/mol. The average Bonchev–Trinajstić information content (AvgIpc) is 2.44. The Bertz CT molecular complexity index is 440. The Labute approximate surface area is 108 Å². The Balaban J connectivity index is 2.33. The van der Waals surface area contributed by atoms with Crippen molar-refractivity contribution in [2.24, 2.45) is 5.41 Å². The van der Waals surface area contributed by atoms with E-state index in [1.54, 1.807) is 0 Å². The van der Waals surface area contributed by atoms with Gasteiger partial charge in [0, 0.05) is 5.02 Å². The summed E-state index contributed by atoms with van der Waals surface area (Å²) in [6, 6.07) is 7.72. The van der Waals surface area contributed by atoms with E-state index in [1.165, 1.54) is 0 Å². The van der Waals surface area contributed by atoms with Crippen molar-refractivity contribution < 1.29 is 5.11 Å². The molecule has 1 aromatic rings. The summed E-state index contributed by atoms with van der Waals surface area (Å²) in [7, 11) is 0. The number of aliphatic hydroxyl groups is 1. The van der Waals surface area contributed by atoms with Gasteiger partial charge in [-0.25, -0.2) is 0 Å².